The van der Waals surface area contributed by atoms with Crippen molar-refractivity contribution in [2.24, 2.45) is 0 Å². The molecule has 8 aromatic carbocycles. The number of sulfonamides is 4. The summed E-state index contributed by atoms with van der Waals surface area (Å²) in [5.41, 5.74) is 5.61. The molecule has 6 fully saturated rings. The number of likely N-dealkylation sites (N-methyl/N-ethyl adjacent to an activating group) is 2. The summed E-state index contributed by atoms with van der Waals surface area (Å²) in [5.74, 6) is -18.3. The van der Waals surface area contributed by atoms with Crippen molar-refractivity contribution in [2.45, 2.75) is 69.4 Å². The van der Waals surface area contributed by atoms with Gasteiger partial charge in [-0.25, -0.2) is 95.5 Å². The van der Waals surface area contributed by atoms with E-state index in [4.69, 9.17) is 80.5 Å². The minimum Gasteiger partial charge on any atom is -0.451 e. The maximum atomic E-state index is 14.8. The van der Waals surface area contributed by atoms with Gasteiger partial charge >= 0.3 is 6.09 Å². The minimum absolute atomic E-state index is 0.0247. The van der Waals surface area contributed by atoms with Crippen LogP contribution in [0, 0.1) is 46.5 Å². The van der Waals surface area contributed by atoms with Gasteiger partial charge in [-0.1, -0.05) is 46.4 Å². The van der Waals surface area contributed by atoms with E-state index in [0.29, 0.717) is 96.9 Å². The Morgan fingerprint density at radius 2 is 0.614 bits per heavy atom. The average Bonchev–Trinajstić information content (AvgIpc) is 0.886. The van der Waals surface area contributed by atoms with Gasteiger partial charge in [0.15, 0.2) is 69.5 Å². The Balaban J connectivity index is 0.000000184. The number of hydrogen-bond donors (Lipinski definition) is 9. The lowest BCUT2D eigenvalue weighted by atomic mass is 10.2. The summed E-state index contributed by atoms with van der Waals surface area (Å²) < 4.78 is 253. The van der Waals surface area contributed by atoms with Gasteiger partial charge in [0.05, 0.1) is 39.2 Å². The van der Waals surface area contributed by atoms with Gasteiger partial charge in [-0.3, -0.25) is 74.0 Å². The molecule has 6 aliphatic heterocycles. The van der Waals surface area contributed by atoms with Gasteiger partial charge in [0, 0.05) is 139 Å². The monoisotopic (exact) mass is 2200 g/mol. The number of rotatable bonds is 29. The molecule has 0 saturated carbocycles. The van der Waals surface area contributed by atoms with Gasteiger partial charge < -0.3 is 43.7 Å². The van der Waals surface area contributed by atoms with E-state index in [1.54, 1.807) is 28.8 Å². The van der Waals surface area contributed by atoms with Crippen LogP contribution in [0.25, 0.3) is 0 Å². The highest BCUT2D eigenvalue weighted by molar-refractivity contribution is 7.90. The van der Waals surface area contributed by atoms with Crippen LogP contribution < -0.4 is 46.2 Å². The quantitative estimate of drug-likeness (QED) is 0.0121. The third kappa shape index (κ3) is 29.1. The van der Waals surface area contributed by atoms with Crippen molar-refractivity contribution in [3.8, 4) is 46.0 Å². The number of likely N-dealkylation sites (tertiary alicyclic amines) is 2. The standard InChI is InChI=1S/C24H27ClF2N4O7S.C23H25ClF2N4O6S.C21H23ClF2N4O6S.C20H21ClF2N4O6S/c25-16-3-5-17(6-4-16)38-22-19(26)13-18(14-20(22)27)39(35,36)31-10-9-30(15-21(31)23(32)28-34)24(33)37-12-11-29-7-1-2-8-29;24-15-3-5-16(6-4-15)36-22-18(25)11-17(12-19(22)26)37(34,35)30-10-9-28(13-20(30)23(32)27-33)14-21(31)29-7-1-2-8-29;1-26(2)19(29)12-27-7-8-28(18(11-27)21(30)25-31)35(32,33)15-9-16(23)20(17(24)10-15)34-14-5-3-13(22)4-6-14;1-24-18(28)11-26-6-7-27(17(10-26)20(29)25-30)34(31,32)14-8-15(22)19(16(23)9-14)33-13-4-2-12(21)3-5-13/h3-6,13-14,21,34H,1-2,7-12,15H2,(H,28,32);3-6,11-12,20,33H,1-2,7-10,13-14H2,(H,27,32);3-6,9-10,18,31H,7-8,11-12H2,1-2H3,(H,25,30);2-5,8-9,17,30H,6-7,10-11H2,1H3,(H,24,28)(H,25,29)/t21-;20-;18-;17-/m1111/s1. The predicted molar refractivity (Wildman–Crippen MR) is 498 cm³/mol. The second-order valence-electron chi connectivity index (χ2n) is 32.9. The molecule has 8 amide bonds. The molecule has 0 bridgehead atoms. The van der Waals surface area contributed by atoms with Crippen molar-refractivity contribution >= 4 is 134 Å². The Labute approximate surface area is 845 Å². The smallest absolute Gasteiger partial charge is 0.409 e. The maximum absolute atomic E-state index is 14.8. The molecule has 0 spiro atoms. The van der Waals surface area contributed by atoms with Gasteiger partial charge in [-0.05, 0) is 184 Å². The first-order valence-corrected chi connectivity index (χ1v) is 51.0. The topological polar surface area (TPSA) is 496 Å². The Kier molecular flexibility index (Phi) is 39.8. The van der Waals surface area contributed by atoms with Crippen LogP contribution in [0.5, 0.6) is 46.0 Å². The Morgan fingerprint density at radius 1 is 0.352 bits per heavy atom. The number of nitrogens with zero attached hydrogens (tertiary/aromatic N) is 11. The fraction of sp³-hybridized carbons (Fsp3) is 0.364. The molecule has 145 heavy (non-hydrogen) atoms. The largest absolute Gasteiger partial charge is 0.451 e. The number of carbonyl (C=O) groups is 8. The molecule has 0 radical (unpaired) electrons. The van der Waals surface area contributed by atoms with Crippen LogP contribution >= 0.6 is 46.4 Å². The fourth-order valence-corrected chi connectivity index (χ4v) is 22.4. The molecular weight excluding hydrogens is 2100 g/mol. The zero-order valence-electron chi connectivity index (χ0n) is 76.8. The summed E-state index contributed by atoms with van der Waals surface area (Å²) in [7, 11) is -13.9. The average molecular weight is 2200 g/mol. The van der Waals surface area contributed by atoms with E-state index in [1.165, 1.54) is 136 Å². The van der Waals surface area contributed by atoms with E-state index in [-0.39, 0.29) is 132 Å². The van der Waals surface area contributed by atoms with Gasteiger partial charge in [0.1, 0.15) is 53.8 Å². The third-order valence-corrected chi connectivity index (χ3v) is 31.6. The van der Waals surface area contributed by atoms with Crippen molar-refractivity contribution in [2.75, 3.05) is 159 Å². The van der Waals surface area contributed by atoms with E-state index >= 15 is 0 Å². The number of carbonyl (C=O) groups excluding carboxylic acids is 8. The highest BCUT2D eigenvalue weighted by atomic mass is 35.5. The molecule has 9 N–H and O–H groups in total. The van der Waals surface area contributed by atoms with Crippen LogP contribution in [0.3, 0.4) is 0 Å². The summed E-state index contributed by atoms with van der Waals surface area (Å²) in [6.07, 6.45) is 3.22. The predicted octanol–water partition coefficient (Wildman–Crippen LogP) is 8.05. The van der Waals surface area contributed by atoms with E-state index in [1.807, 2.05) is 0 Å². The Hall–Kier alpha value is -11.6. The lowest BCUT2D eigenvalue weighted by Gasteiger charge is -2.39. The van der Waals surface area contributed by atoms with Gasteiger partial charge in [-0.2, -0.15) is 17.2 Å². The van der Waals surface area contributed by atoms with Gasteiger partial charge in [0.25, 0.3) is 23.6 Å². The minimum atomic E-state index is -4.66. The normalized spacial score (nSPS) is 18.1. The number of nitrogens with one attached hydrogen (secondary N) is 5. The maximum Gasteiger partial charge on any atom is 0.409 e. The number of halogens is 12. The van der Waals surface area contributed by atoms with E-state index < -0.39 is 196 Å². The number of hydrogen-bond acceptors (Lipinski definition) is 29. The molecule has 0 unspecified atom stereocenters. The molecule has 6 aliphatic rings. The molecule has 57 heteroatoms. The second kappa shape index (κ2) is 50.7. The molecule has 6 saturated heterocycles. The molecule has 14 rings (SSSR count). The van der Waals surface area contributed by atoms with Crippen molar-refractivity contribution in [3.05, 3.63) is 212 Å². The number of ether oxygens (including phenoxy) is 5. The lowest BCUT2D eigenvalue weighted by Crippen LogP contribution is -2.61. The zero-order valence-corrected chi connectivity index (χ0v) is 83.1. The van der Waals surface area contributed by atoms with Crippen molar-refractivity contribution < 1.29 is 152 Å². The molecule has 4 atom stereocenters. The van der Waals surface area contributed by atoms with Gasteiger partial charge in [-0.15, -0.1) is 0 Å². The zero-order chi connectivity index (χ0) is 106. The molecule has 0 aromatic heterocycles. The van der Waals surface area contributed by atoms with Crippen LogP contribution in [-0.2, 0) is 78.4 Å². The summed E-state index contributed by atoms with van der Waals surface area (Å²) in [6, 6.07) is 21.3. The molecule has 6 heterocycles. The van der Waals surface area contributed by atoms with Crippen LogP contribution in [0.4, 0.5) is 39.9 Å². The van der Waals surface area contributed by atoms with Gasteiger partial charge in [0.2, 0.25) is 57.8 Å². The first-order chi connectivity index (χ1) is 68.7. The Bertz CT molecular complexity index is 6430. The van der Waals surface area contributed by atoms with Crippen LogP contribution in [0.1, 0.15) is 25.7 Å². The SMILES string of the molecule is CN(C)C(=O)CN1CCN(S(=O)(=O)c2cc(F)c(Oc3ccc(Cl)cc3)c(F)c2)[C@@H](C(=O)NO)C1.CNC(=O)CN1CCN(S(=O)(=O)c2cc(F)c(Oc3ccc(Cl)cc3)c(F)c2)[C@@H](C(=O)NO)C1.O=C(NO)[C@H]1CN(C(=O)OCCN2CCCC2)CCN1S(=O)(=O)c1cc(F)c(Oc2ccc(Cl)cc2)c(F)c1.O=C(NO)[C@H]1CN(CC(=O)N2CCCC2)CCN1S(=O)(=O)c1cc(F)c(Oc2ccc(Cl)cc2)c(F)c1. The van der Waals surface area contributed by atoms with Crippen molar-refractivity contribution in [1.82, 2.24) is 78.8 Å². The summed E-state index contributed by atoms with van der Waals surface area (Å²) >= 11 is 23.1. The van der Waals surface area contributed by atoms with E-state index in [0.717, 1.165) is 52.3 Å². The number of hydroxylamine groups is 4. The van der Waals surface area contributed by atoms with E-state index in [9.17, 15) is 118 Å². The van der Waals surface area contributed by atoms with Crippen LogP contribution in [0.2, 0.25) is 20.1 Å². The Morgan fingerprint density at radius 3 is 0.890 bits per heavy atom. The third-order valence-electron chi connectivity index (χ3n) is 23.1. The highest BCUT2D eigenvalue weighted by Gasteiger charge is 2.47. The molecule has 8 aromatic rings. The summed E-state index contributed by atoms with van der Waals surface area (Å²) in [4.78, 5) is 106. The second-order valence-corrected chi connectivity index (χ2v) is 42.2. The number of amides is 8. The first kappa shape index (κ1) is 114. The number of benzene rings is 8. The fourth-order valence-electron chi connectivity index (χ4n) is 15.5. The highest BCUT2D eigenvalue weighted by Crippen LogP contribution is 2.39. The molecule has 786 valence electrons. The summed E-state index contributed by atoms with van der Waals surface area (Å²) in [5, 5.41) is 40.5. The van der Waals surface area contributed by atoms with Crippen LogP contribution in [-0.4, -0.2) is 336 Å². The molecular formula is C88H96Cl4F8N16O25S4. The van der Waals surface area contributed by atoms with Crippen LogP contribution in [0.15, 0.2) is 165 Å². The first-order valence-electron chi connectivity index (χ1n) is 43.7. The van der Waals surface area contributed by atoms with E-state index in [2.05, 4.69) is 10.2 Å². The summed E-state index contributed by atoms with van der Waals surface area (Å²) in [6.45, 7) is 1.34. The van der Waals surface area contributed by atoms with Crippen molar-refractivity contribution in [3.63, 3.8) is 0 Å². The molecule has 0 aliphatic carbocycles. The van der Waals surface area contributed by atoms with Crippen molar-refractivity contribution in [1.29, 1.82) is 0 Å². The molecule has 41 nitrogen and oxygen atoms in total. The number of piperazine rings is 4. The lowest BCUT2D eigenvalue weighted by molar-refractivity contribution is -0.137.